The molecular weight excluding hydrogens is 317 g/mol. The fourth-order valence-electron chi connectivity index (χ4n) is 3.01. The number of furan rings is 1. The Bertz CT molecular complexity index is 574. The van der Waals surface area contributed by atoms with Crippen LogP contribution in [0.2, 0.25) is 5.02 Å². The molecule has 0 radical (unpaired) electrons. The van der Waals surface area contributed by atoms with E-state index >= 15 is 0 Å². The number of hydrogen-bond acceptors (Lipinski definition) is 2. The first-order chi connectivity index (χ1) is 10.3. The lowest BCUT2D eigenvalue weighted by molar-refractivity contribution is 0.420. The molecule has 0 saturated heterocycles. The molecule has 1 aromatic heterocycles. The Hall–Kier alpha value is -0.960. The minimum atomic E-state index is 0. The van der Waals surface area contributed by atoms with Crippen molar-refractivity contribution in [1.82, 2.24) is 5.32 Å². The second-order valence-electron chi connectivity index (χ2n) is 5.82. The van der Waals surface area contributed by atoms with E-state index in [1.54, 1.807) is 0 Å². The highest BCUT2D eigenvalue weighted by Gasteiger charge is 2.13. The topological polar surface area (TPSA) is 25.2 Å². The van der Waals surface area contributed by atoms with Crippen molar-refractivity contribution in [2.45, 2.75) is 51.1 Å². The largest absolute Gasteiger partial charge is 0.460 e. The van der Waals surface area contributed by atoms with Crippen LogP contribution in [0, 0.1) is 0 Å². The summed E-state index contributed by atoms with van der Waals surface area (Å²) in [5.74, 6) is 1.83. The molecule has 3 rings (SSSR count). The lowest BCUT2D eigenvalue weighted by atomic mass is 10.1. The van der Waals surface area contributed by atoms with Crippen LogP contribution >= 0.6 is 24.0 Å². The van der Waals surface area contributed by atoms with Crippen molar-refractivity contribution in [2.24, 2.45) is 0 Å². The highest BCUT2D eigenvalue weighted by molar-refractivity contribution is 6.33. The van der Waals surface area contributed by atoms with E-state index in [-0.39, 0.29) is 12.4 Å². The lowest BCUT2D eigenvalue weighted by Gasteiger charge is -2.14. The number of hydrogen-bond donors (Lipinski definition) is 1. The van der Waals surface area contributed by atoms with Crippen LogP contribution in [0.5, 0.6) is 0 Å². The van der Waals surface area contributed by atoms with Gasteiger partial charge in [0.05, 0.1) is 11.6 Å². The highest BCUT2D eigenvalue weighted by Crippen LogP contribution is 2.29. The zero-order valence-electron chi connectivity index (χ0n) is 12.7. The minimum Gasteiger partial charge on any atom is -0.460 e. The van der Waals surface area contributed by atoms with E-state index < -0.39 is 0 Å². The van der Waals surface area contributed by atoms with Crippen molar-refractivity contribution in [3.8, 4) is 11.3 Å². The van der Waals surface area contributed by atoms with Gasteiger partial charge in [0.25, 0.3) is 0 Å². The molecule has 1 aliphatic rings. The molecule has 22 heavy (non-hydrogen) atoms. The third-order valence-corrected chi connectivity index (χ3v) is 4.55. The molecule has 0 spiro atoms. The van der Waals surface area contributed by atoms with E-state index in [0.717, 1.165) is 28.7 Å². The van der Waals surface area contributed by atoms with Gasteiger partial charge in [-0.05, 0) is 37.1 Å². The summed E-state index contributed by atoms with van der Waals surface area (Å²) in [6.45, 7) is 0.801. The van der Waals surface area contributed by atoms with Crippen LogP contribution in [0.15, 0.2) is 40.8 Å². The average Bonchev–Trinajstić information content (AvgIpc) is 2.81. The molecule has 1 N–H and O–H groups in total. The fourth-order valence-corrected chi connectivity index (χ4v) is 3.24. The van der Waals surface area contributed by atoms with Gasteiger partial charge in [-0.2, -0.15) is 0 Å². The number of rotatable bonds is 4. The standard InChI is InChI=1S/C18H22ClNO.ClH/c19-17-10-6-5-9-16(17)18-12-11-15(21-18)13-20-14-7-3-1-2-4-8-14;/h5-6,9-12,14,20H,1-4,7-8,13H2;1H. The molecule has 1 saturated carbocycles. The summed E-state index contributed by atoms with van der Waals surface area (Å²) in [5.41, 5.74) is 0.958. The monoisotopic (exact) mass is 339 g/mol. The molecule has 0 unspecified atom stereocenters. The van der Waals surface area contributed by atoms with Gasteiger partial charge in [0, 0.05) is 11.6 Å². The maximum Gasteiger partial charge on any atom is 0.135 e. The predicted octanol–water partition coefficient (Wildman–Crippen LogP) is 5.83. The number of benzene rings is 1. The third-order valence-electron chi connectivity index (χ3n) is 4.22. The van der Waals surface area contributed by atoms with Crippen molar-refractivity contribution >= 4 is 24.0 Å². The molecule has 1 aliphatic carbocycles. The van der Waals surface area contributed by atoms with Crippen LogP contribution in [-0.2, 0) is 6.54 Å². The zero-order valence-corrected chi connectivity index (χ0v) is 14.3. The van der Waals surface area contributed by atoms with Crippen molar-refractivity contribution in [3.63, 3.8) is 0 Å². The van der Waals surface area contributed by atoms with E-state index in [2.05, 4.69) is 5.32 Å². The van der Waals surface area contributed by atoms with Crippen LogP contribution < -0.4 is 5.32 Å². The molecule has 1 aromatic carbocycles. The van der Waals surface area contributed by atoms with Crippen LogP contribution in [0.3, 0.4) is 0 Å². The number of nitrogens with one attached hydrogen (secondary N) is 1. The Kier molecular flexibility index (Phi) is 6.81. The van der Waals surface area contributed by atoms with Crippen molar-refractivity contribution in [1.29, 1.82) is 0 Å². The van der Waals surface area contributed by atoms with Gasteiger partial charge in [0.2, 0.25) is 0 Å². The van der Waals surface area contributed by atoms with Gasteiger partial charge >= 0.3 is 0 Å². The lowest BCUT2D eigenvalue weighted by Crippen LogP contribution is -2.27. The van der Waals surface area contributed by atoms with Gasteiger partial charge in [-0.25, -0.2) is 0 Å². The first kappa shape index (κ1) is 17.4. The smallest absolute Gasteiger partial charge is 0.135 e. The second-order valence-corrected chi connectivity index (χ2v) is 6.22. The first-order valence-electron chi connectivity index (χ1n) is 7.90. The van der Waals surface area contributed by atoms with Crippen molar-refractivity contribution < 1.29 is 4.42 Å². The zero-order chi connectivity index (χ0) is 14.5. The van der Waals surface area contributed by atoms with E-state index in [1.165, 1.54) is 38.5 Å². The quantitative estimate of drug-likeness (QED) is 0.708. The van der Waals surface area contributed by atoms with Crippen molar-refractivity contribution in [3.05, 3.63) is 47.2 Å². The maximum atomic E-state index is 6.21. The van der Waals surface area contributed by atoms with Crippen LogP contribution in [0.25, 0.3) is 11.3 Å². The molecule has 0 bridgehead atoms. The Morgan fingerprint density at radius 1 is 1.00 bits per heavy atom. The van der Waals surface area contributed by atoms with Gasteiger partial charge < -0.3 is 9.73 Å². The van der Waals surface area contributed by atoms with Gasteiger partial charge in [-0.1, -0.05) is 49.4 Å². The summed E-state index contributed by atoms with van der Waals surface area (Å²) in [6, 6.07) is 12.5. The molecule has 0 amide bonds. The minimum absolute atomic E-state index is 0. The SMILES string of the molecule is Cl.Clc1ccccc1-c1ccc(CNC2CCCCCC2)o1. The fraction of sp³-hybridized carbons (Fsp3) is 0.444. The summed E-state index contributed by atoms with van der Waals surface area (Å²) < 4.78 is 5.93. The first-order valence-corrected chi connectivity index (χ1v) is 8.28. The number of halogens is 2. The Labute approximate surface area is 143 Å². The molecule has 1 heterocycles. The molecule has 2 nitrogen and oxygen atoms in total. The molecule has 4 heteroatoms. The van der Waals surface area contributed by atoms with Gasteiger partial charge in [0.15, 0.2) is 0 Å². The normalized spacial score (nSPS) is 16.0. The third kappa shape index (κ3) is 4.52. The molecule has 1 fully saturated rings. The van der Waals surface area contributed by atoms with Gasteiger partial charge in [-0.3, -0.25) is 0 Å². The molecule has 120 valence electrons. The average molecular weight is 340 g/mol. The Morgan fingerprint density at radius 3 is 2.45 bits per heavy atom. The van der Waals surface area contributed by atoms with E-state index in [0.29, 0.717) is 6.04 Å². The predicted molar refractivity (Wildman–Crippen MR) is 94.7 cm³/mol. The Balaban J connectivity index is 0.00000176. The summed E-state index contributed by atoms with van der Waals surface area (Å²) in [5, 5.41) is 4.36. The van der Waals surface area contributed by atoms with Gasteiger partial charge in [0.1, 0.15) is 11.5 Å². The van der Waals surface area contributed by atoms with Crippen LogP contribution in [0.1, 0.15) is 44.3 Å². The summed E-state index contributed by atoms with van der Waals surface area (Å²) in [4.78, 5) is 0. The summed E-state index contributed by atoms with van der Waals surface area (Å²) >= 11 is 6.21. The Morgan fingerprint density at radius 2 is 1.73 bits per heavy atom. The van der Waals surface area contributed by atoms with E-state index in [4.69, 9.17) is 16.0 Å². The van der Waals surface area contributed by atoms with E-state index in [1.807, 2.05) is 36.4 Å². The van der Waals surface area contributed by atoms with E-state index in [9.17, 15) is 0 Å². The molecular formula is C18H23Cl2NO. The summed E-state index contributed by atoms with van der Waals surface area (Å²) in [6.07, 6.45) is 8.04. The molecule has 0 aliphatic heterocycles. The highest BCUT2D eigenvalue weighted by atomic mass is 35.5. The van der Waals surface area contributed by atoms with Crippen LogP contribution in [-0.4, -0.2) is 6.04 Å². The summed E-state index contributed by atoms with van der Waals surface area (Å²) in [7, 11) is 0. The second kappa shape index (κ2) is 8.61. The van der Waals surface area contributed by atoms with Crippen molar-refractivity contribution in [2.75, 3.05) is 0 Å². The van der Waals surface area contributed by atoms with Crippen LogP contribution in [0.4, 0.5) is 0 Å². The maximum absolute atomic E-state index is 6.21. The molecule has 0 atom stereocenters. The molecule has 2 aromatic rings. The van der Waals surface area contributed by atoms with Gasteiger partial charge in [-0.15, -0.1) is 12.4 Å².